The molecule has 196 valence electrons. The monoisotopic (exact) mass is 520 g/mol. The van der Waals surface area contributed by atoms with Crippen LogP contribution in [0.15, 0.2) is 84.3 Å². The van der Waals surface area contributed by atoms with Crippen molar-refractivity contribution in [1.82, 2.24) is 9.88 Å². The van der Waals surface area contributed by atoms with Gasteiger partial charge in [0.05, 0.1) is 18.0 Å². The fourth-order valence-corrected chi connectivity index (χ4v) is 5.10. The van der Waals surface area contributed by atoms with Crippen molar-refractivity contribution in [1.29, 1.82) is 0 Å². The topological polar surface area (TPSA) is 60.3 Å². The molecule has 0 saturated carbocycles. The van der Waals surface area contributed by atoms with Gasteiger partial charge >= 0.3 is 0 Å². The van der Waals surface area contributed by atoms with Crippen molar-refractivity contribution >= 4 is 33.7 Å². The van der Waals surface area contributed by atoms with Gasteiger partial charge in [-0.15, -0.1) is 0 Å². The number of nitrogens with one attached hydrogen (secondary N) is 1. The summed E-state index contributed by atoms with van der Waals surface area (Å²) in [4.78, 5) is 27.0. The normalized spacial score (nSPS) is 11.1. The number of amides is 1. The van der Waals surface area contributed by atoms with E-state index in [9.17, 15) is 14.0 Å². The van der Waals surface area contributed by atoms with E-state index in [1.165, 1.54) is 6.07 Å². The molecule has 5 aromatic rings. The van der Waals surface area contributed by atoms with Gasteiger partial charge in [0.15, 0.2) is 0 Å². The largest absolute Gasteiger partial charge is 0.496 e. The van der Waals surface area contributed by atoms with Gasteiger partial charge in [0.2, 0.25) is 5.43 Å². The van der Waals surface area contributed by atoms with Gasteiger partial charge in [-0.2, -0.15) is 0 Å². The lowest BCUT2D eigenvalue weighted by atomic mass is 9.99. The number of aromatic nitrogens is 1. The van der Waals surface area contributed by atoms with Crippen LogP contribution in [0.2, 0.25) is 0 Å². The predicted octanol–water partition coefficient (Wildman–Crippen LogP) is 6.52. The highest BCUT2D eigenvalue weighted by Gasteiger charge is 2.21. The van der Waals surface area contributed by atoms with Gasteiger partial charge in [0.25, 0.3) is 5.91 Å². The number of carbonyl (C=O) groups excluding carboxylic acids is 1. The van der Waals surface area contributed by atoms with Crippen LogP contribution in [0.25, 0.3) is 33.4 Å². The average Bonchev–Trinajstić information content (AvgIpc) is 2.94. The van der Waals surface area contributed by atoms with Crippen LogP contribution in [0.3, 0.4) is 0 Å². The molecule has 1 N–H and O–H groups in total. The zero-order chi connectivity index (χ0) is 27.7. The average molecular weight is 521 g/mol. The third-order valence-corrected chi connectivity index (χ3v) is 7.18. The van der Waals surface area contributed by atoms with E-state index in [2.05, 4.69) is 18.0 Å². The Morgan fingerprint density at radius 3 is 2.46 bits per heavy atom. The number of methoxy groups -OCH3 is 1. The summed E-state index contributed by atoms with van der Waals surface area (Å²) in [6.07, 6.45) is 3.64. The lowest BCUT2D eigenvalue weighted by Crippen LogP contribution is -2.31. The lowest BCUT2D eigenvalue weighted by Gasteiger charge is -2.19. The summed E-state index contributed by atoms with van der Waals surface area (Å²) in [5.41, 5.74) is 3.49. The molecule has 0 atom stereocenters. The van der Waals surface area contributed by atoms with Crippen molar-refractivity contribution in [2.24, 2.45) is 0 Å². The second-order valence-electron chi connectivity index (χ2n) is 9.54. The number of nitrogens with zero attached hydrogens (tertiary/aromatic N) is 1. The number of fused-ring (bicyclic) bond motifs is 2. The number of ether oxygens (including phenoxy) is 1. The second kappa shape index (κ2) is 10.6. The molecule has 0 saturated heterocycles. The maximum atomic E-state index is 15.0. The van der Waals surface area contributed by atoms with Gasteiger partial charge in [-0.3, -0.25) is 9.59 Å². The Bertz CT molecular complexity index is 1820. The minimum absolute atomic E-state index is 0.0617. The zero-order valence-corrected chi connectivity index (χ0v) is 22.2. The summed E-state index contributed by atoms with van der Waals surface area (Å²) < 4.78 is 22.2. The van der Waals surface area contributed by atoms with Crippen LogP contribution >= 0.6 is 0 Å². The molecular weight excluding hydrogens is 491 g/mol. The Morgan fingerprint density at radius 2 is 1.74 bits per heavy atom. The van der Waals surface area contributed by atoms with Crippen molar-refractivity contribution in [3.8, 4) is 11.4 Å². The van der Waals surface area contributed by atoms with Crippen LogP contribution in [0.1, 0.15) is 32.6 Å². The van der Waals surface area contributed by atoms with Crippen LogP contribution in [0, 0.1) is 19.7 Å². The minimum atomic E-state index is -0.531. The molecule has 0 radical (unpaired) electrons. The number of hydrogen-bond acceptors (Lipinski definition) is 3. The number of benzene rings is 4. The van der Waals surface area contributed by atoms with Crippen LogP contribution in [-0.4, -0.2) is 24.1 Å². The Morgan fingerprint density at radius 1 is 1.05 bits per heavy atom. The first-order valence-electron chi connectivity index (χ1n) is 12.7. The maximum Gasteiger partial charge on any atom is 0.256 e. The molecule has 0 fully saturated rings. The van der Waals surface area contributed by atoms with Crippen LogP contribution in [0.5, 0.6) is 5.75 Å². The molecule has 4 aromatic carbocycles. The molecule has 1 heterocycles. The molecular formula is C33H29FN2O3. The highest BCUT2D eigenvalue weighted by Crippen LogP contribution is 2.30. The van der Waals surface area contributed by atoms with Crippen molar-refractivity contribution in [2.75, 3.05) is 13.7 Å². The summed E-state index contributed by atoms with van der Waals surface area (Å²) in [5.74, 6) is -0.315. The molecule has 0 spiro atoms. The Balaban J connectivity index is 1.66. The fourth-order valence-electron chi connectivity index (χ4n) is 5.10. The van der Waals surface area contributed by atoms with Crippen LogP contribution < -0.4 is 15.5 Å². The van der Waals surface area contributed by atoms with Crippen molar-refractivity contribution < 1.29 is 13.9 Å². The van der Waals surface area contributed by atoms with E-state index in [1.54, 1.807) is 26.3 Å². The second-order valence-corrected chi connectivity index (χ2v) is 9.54. The molecule has 5 rings (SSSR count). The molecule has 0 unspecified atom stereocenters. The van der Waals surface area contributed by atoms with Gasteiger partial charge < -0.3 is 14.6 Å². The molecule has 0 bridgehead atoms. The number of rotatable bonds is 7. The first-order valence-corrected chi connectivity index (χ1v) is 12.7. The molecule has 0 aliphatic carbocycles. The van der Waals surface area contributed by atoms with E-state index < -0.39 is 17.2 Å². The smallest absolute Gasteiger partial charge is 0.256 e. The Hall–Kier alpha value is -4.71. The Labute approximate surface area is 226 Å². The number of hydrogen-bond donors (Lipinski definition) is 1. The summed E-state index contributed by atoms with van der Waals surface area (Å²) in [7, 11) is 1.60. The molecule has 1 amide bonds. The van der Waals surface area contributed by atoms with E-state index in [0.717, 1.165) is 33.3 Å². The standard InChI is InChI=1S/C33H29FN2O3/c1-5-25-21(3)28(34)18-26-31(25)36(29-17-24-12-7-6-11-23(24)16-20(29)2)19-27(32(26)37)33(38)35-15-14-22-10-8-9-13-30(22)39-4/h5-13,16-19H,1,14-15H2,2-4H3,(H,35,38). The first kappa shape index (κ1) is 25.9. The van der Waals surface area contributed by atoms with E-state index in [1.807, 2.05) is 66.1 Å². The maximum absolute atomic E-state index is 15.0. The van der Waals surface area contributed by atoms with Crippen molar-refractivity contribution in [2.45, 2.75) is 20.3 Å². The van der Waals surface area contributed by atoms with E-state index >= 15 is 0 Å². The molecule has 39 heavy (non-hydrogen) atoms. The number of para-hydroxylation sites is 1. The number of halogens is 1. The molecule has 0 aliphatic rings. The fraction of sp³-hybridized carbons (Fsp3) is 0.152. The van der Waals surface area contributed by atoms with E-state index in [-0.39, 0.29) is 10.9 Å². The third kappa shape index (κ3) is 4.70. The van der Waals surface area contributed by atoms with Gasteiger partial charge in [-0.1, -0.05) is 55.1 Å². The minimum Gasteiger partial charge on any atom is -0.496 e. The number of pyridine rings is 1. The van der Waals surface area contributed by atoms with Gasteiger partial charge in [0.1, 0.15) is 17.1 Å². The Kier molecular flexibility index (Phi) is 7.03. The lowest BCUT2D eigenvalue weighted by molar-refractivity contribution is 0.0952. The highest BCUT2D eigenvalue weighted by molar-refractivity contribution is 6.00. The predicted molar refractivity (Wildman–Crippen MR) is 156 cm³/mol. The van der Waals surface area contributed by atoms with Crippen LogP contribution in [0.4, 0.5) is 4.39 Å². The van der Waals surface area contributed by atoms with Gasteiger partial charge in [-0.25, -0.2) is 4.39 Å². The molecule has 1 aromatic heterocycles. The van der Waals surface area contributed by atoms with Crippen LogP contribution in [-0.2, 0) is 6.42 Å². The zero-order valence-electron chi connectivity index (χ0n) is 22.2. The summed E-state index contributed by atoms with van der Waals surface area (Å²) in [6, 6.07) is 20.8. The first-order chi connectivity index (χ1) is 18.8. The third-order valence-electron chi connectivity index (χ3n) is 7.18. The number of carbonyl (C=O) groups is 1. The van der Waals surface area contributed by atoms with E-state index in [4.69, 9.17) is 4.74 Å². The summed E-state index contributed by atoms with van der Waals surface area (Å²) >= 11 is 0. The number of aryl methyl sites for hydroxylation is 1. The SMILES string of the molecule is C=Cc1c(C)c(F)cc2c(=O)c(C(=O)NCCc3ccccc3OC)cn(-c3cc4ccccc4cc3C)c12. The van der Waals surface area contributed by atoms with Gasteiger partial charge in [0, 0.05) is 24.0 Å². The molecule has 5 nitrogen and oxygen atoms in total. The molecule has 0 aliphatic heterocycles. The van der Waals surface area contributed by atoms with Gasteiger partial charge in [-0.05, 0) is 72.0 Å². The van der Waals surface area contributed by atoms with Crippen molar-refractivity contribution in [3.63, 3.8) is 0 Å². The van der Waals surface area contributed by atoms with Crippen molar-refractivity contribution in [3.05, 3.63) is 123 Å². The summed E-state index contributed by atoms with van der Waals surface area (Å²) in [6.45, 7) is 7.82. The summed E-state index contributed by atoms with van der Waals surface area (Å²) in [5, 5.41) is 5.06. The quantitative estimate of drug-likeness (QED) is 0.266. The molecule has 6 heteroatoms. The van der Waals surface area contributed by atoms with E-state index in [0.29, 0.717) is 29.6 Å². The highest BCUT2D eigenvalue weighted by atomic mass is 19.1.